The molecule has 0 N–H and O–H groups in total. The summed E-state index contributed by atoms with van der Waals surface area (Å²) >= 11 is 0. The Hall–Kier alpha value is -1.22. The summed E-state index contributed by atoms with van der Waals surface area (Å²) in [5.74, 6) is 0. The quantitative estimate of drug-likeness (QED) is 0.447. The fourth-order valence-electron chi connectivity index (χ4n) is 1.78. The number of nitrogens with zero attached hydrogens (tertiary/aromatic N) is 3. The fourth-order valence-corrected chi connectivity index (χ4v) is 1.78. The molecule has 0 amide bonds. The molecule has 1 saturated heterocycles. The third kappa shape index (κ3) is 1.82. The van der Waals surface area contributed by atoms with Crippen molar-refractivity contribution in [1.29, 1.82) is 0 Å². The Kier molecular flexibility index (Phi) is 2.89. The van der Waals surface area contributed by atoms with Crippen LogP contribution in [-0.4, -0.2) is 47.7 Å². The predicted molar refractivity (Wildman–Crippen MR) is 53.1 cm³/mol. The maximum absolute atomic E-state index is 8.84. The van der Waals surface area contributed by atoms with Gasteiger partial charge in [-0.15, -0.1) is 0 Å². The normalized spacial score (nSPS) is 27.7. The number of morpholine rings is 1. The van der Waals surface area contributed by atoms with Crippen molar-refractivity contribution in [2.24, 2.45) is 0 Å². The standard InChI is InChI=1S/C10H13N3O/c11-12-9-3-1-2-4-10(9)13-5-7-14-8-6-13/h1-4,10H,5-8H2. The zero-order valence-electron chi connectivity index (χ0n) is 7.97. The van der Waals surface area contributed by atoms with Crippen LogP contribution in [0.2, 0.25) is 0 Å². The van der Waals surface area contributed by atoms with Crippen LogP contribution in [0, 0.1) is 0 Å². The van der Waals surface area contributed by atoms with Crippen LogP contribution in [0.15, 0.2) is 24.3 Å². The first-order valence-electron chi connectivity index (χ1n) is 4.80. The molecule has 4 heteroatoms. The average molecular weight is 191 g/mol. The molecule has 14 heavy (non-hydrogen) atoms. The van der Waals surface area contributed by atoms with Crippen LogP contribution in [-0.2, 0) is 4.74 Å². The van der Waals surface area contributed by atoms with E-state index in [1.165, 1.54) is 0 Å². The summed E-state index contributed by atoms with van der Waals surface area (Å²) in [7, 11) is 0. The van der Waals surface area contributed by atoms with Gasteiger partial charge in [-0.25, -0.2) is 0 Å². The van der Waals surface area contributed by atoms with Crippen molar-refractivity contribution in [2.45, 2.75) is 6.04 Å². The molecular formula is C10H13N3O. The van der Waals surface area contributed by atoms with Gasteiger partial charge in [0, 0.05) is 19.2 Å². The zero-order valence-corrected chi connectivity index (χ0v) is 7.97. The van der Waals surface area contributed by atoms with Gasteiger partial charge in [0.25, 0.3) is 0 Å². The second kappa shape index (κ2) is 4.33. The molecule has 1 atom stereocenters. The molecule has 0 spiro atoms. The van der Waals surface area contributed by atoms with Crippen LogP contribution in [0.5, 0.6) is 0 Å². The highest BCUT2D eigenvalue weighted by Gasteiger charge is 2.28. The highest BCUT2D eigenvalue weighted by atomic mass is 16.5. The van der Waals surface area contributed by atoms with Crippen LogP contribution in [0.3, 0.4) is 0 Å². The van der Waals surface area contributed by atoms with E-state index in [0.717, 1.165) is 26.3 Å². The summed E-state index contributed by atoms with van der Waals surface area (Å²) in [6.45, 7) is 3.29. The molecule has 1 heterocycles. The minimum Gasteiger partial charge on any atom is -0.379 e. The second-order valence-corrected chi connectivity index (χ2v) is 3.36. The van der Waals surface area contributed by atoms with Crippen LogP contribution < -0.4 is 0 Å². The van der Waals surface area contributed by atoms with Gasteiger partial charge in [0.1, 0.15) is 6.04 Å². The van der Waals surface area contributed by atoms with Crippen molar-refractivity contribution in [3.05, 3.63) is 29.8 Å². The van der Waals surface area contributed by atoms with Crippen LogP contribution in [0.4, 0.5) is 0 Å². The molecule has 0 bridgehead atoms. The van der Waals surface area contributed by atoms with Crippen LogP contribution in [0.1, 0.15) is 0 Å². The van der Waals surface area contributed by atoms with E-state index < -0.39 is 0 Å². The lowest BCUT2D eigenvalue weighted by molar-refractivity contribution is -0.0199. The summed E-state index contributed by atoms with van der Waals surface area (Å²) in [6, 6.07) is 0.105. The maximum Gasteiger partial charge on any atom is 0.312 e. The molecular weight excluding hydrogens is 178 g/mol. The Morgan fingerprint density at radius 2 is 2.14 bits per heavy atom. The molecule has 1 aliphatic carbocycles. The minimum atomic E-state index is 0.105. The molecule has 4 nitrogen and oxygen atoms in total. The number of allylic oxidation sites excluding steroid dienone is 2. The zero-order chi connectivity index (χ0) is 9.80. The van der Waals surface area contributed by atoms with Gasteiger partial charge in [-0.3, -0.25) is 4.90 Å². The van der Waals surface area contributed by atoms with Crippen molar-refractivity contribution < 1.29 is 9.53 Å². The first-order chi connectivity index (χ1) is 6.92. The van der Waals surface area contributed by atoms with E-state index in [1.807, 2.05) is 24.3 Å². The Balaban J connectivity index is 2.12. The third-order valence-corrected chi connectivity index (χ3v) is 2.53. The van der Waals surface area contributed by atoms with Gasteiger partial charge < -0.3 is 10.3 Å². The molecule has 0 aromatic rings. The number of ether oxygens (including phenoxy) is 1. The third-order valence-electron chi connectivity index (χ3n) is 2.53. The summed E-state index contributed by atoms with van der Waals surface area (Å²) in [4.78, 5) is 5.55. The van der Waals surface area contributed by atoms with Crippen LogP contribution >= 0.6 is 0 Å². The van der Waals surface area contributed by atoms with Gasteiger partial charge in [-0.2, -0.15) is 4.79 Å². The predicted octanol–water partition coefficient (Wildman–Crippen LogP) is 0.484. The van der Waals surface area contributed by atoms with E-state index in [1.54, 1.807) is 0 Å². The number of rotatable bonds is 1. The van der Waals surface area contributed by atoms with E-state index >= 15 is 0 Å². The largest absolute Gasteiger partial charge is 0.379 e. The number of hydrogen-bond donors (Lipinski definition) is 0. The Morgan fingerprint density at radius 3 is 2.86 bits per heavy atom. The van der Waals surface area contributed by atoms with E-state index in [4.69, 9.17) is 10.3 Å². The SMILES string of the molecule is [N-]=[N+]=C1C=CC=CC1N1CCOCC1. The minimum absolute atomic E-state index is 0.105. The van der Waals surface area contributed by atoms with Gasteiger partial charge in [-0.05, 0) is 0 Å². The van der Waals surface area contributed by atoms with E-state index in [0.29, 0.717) is 5.71 Å². The fraction of sp³-hybridized carbons (Fsp3) is 0.500. The van der Waals surface area contributed by atoms with Gasteiger partial charge in [0.2, 0.25) is 0 Å². The molecule has 1 aliphatic heterocycles. The Bertz CT molecular complexity index is 309. The molecule has 0 aromatic carbocycles. The molecule has 0 saturated carbocycles. The Morgan fingerprint density at radius 1 is 1.36 bits per heavy atom. The second-order valence-electron chi connectivity index (χ2n) is 3.36. The highest BCUT2D eigenvalue weighted by Crippen LogP contribution is 2.10. The molecule has 0 radical (unpaired) electrons. The summed E-state index contributed by atoms with van der Waals surface area (Å²) < 4.78 is 5.27. The topological polar surface area (TPSA) is 48.9 Å². The molecule has 1 unspecified atom stereocenters. The van der Waals surface area contributed by atoms with Crippen molar-refractivity contribution in [2.75, 3.05) is 26.3 Å². The molecule has 2 rings (SSSR count). The van der Waals surface area contributed by atoms with Gasteiger partial charge in [-0.1, -0.05) is 18.2 Å². The van der Waals surface area contributed by atoms with Crippen molar-refractivity contribution >= 4 is 5.71 Å². The lowest BCUT2D eigenvalue weighted by Crippen LogP contribution is -2.46. The van der Waals surface area contributed by atoms with Gasteiger partial charge in [0.05, 0.1) is 13.2 Å². The van der Waals surface area contributed by atoms with Crippen LogP contribution in [0.25, 0.3) is 5.53 Å². The summed E-state index contributed by atoms with van der Waals surface area (Å²) in [6.07, 6.45) is 7.74. The molecule has 2 aliphatic rings. The first kappa shape index (κ1) is 9.34. The highest BCUT2D eigenvalue weighted by molar-refractivity contribution is 5.97. The monoisotopic (exact) mass is 191 g/mol. The maximum atomic E-state index is 8.84. The first-order valence-corrected chi connectivity index (χ1v) is 4.80. The molecule has 1 fully saturated rings. The van der Waals surface area contributed by atoms with Crippen molar-refractivity contribution in [3.63, 3.8) is 0 Å². The van der Waals surface area contributed by atoms with Crippen molar-refractivity contribution in [3.8, 4) is 0 Å². The van der Waals surface area contributed by atoms with Gasteiger partial charge >= 0.3 is 5.71 Å². The number of hydrogen-bond acceptors (Lipinski definition) is 2. The van der Waals surface area contributed by atoms with E-state index in [-0.39, 0.29) is 6.04 Å². The van der Waals surface area contributed by atoms with E-state index in [2.05, 4.69) is 9.69 Å². The lowest BCUT2D eigenvalue weighted by atomic mass is 10.0. The van der Waals surface area contributed by atoms with E-state index in [9.17, 15) is 0 Å². The smallest absolute Gasteiger partial charge is 0.312 e. The summed E-state index contributed by atoms with van der Waals surface area (Å²) in [5, 5.41) is 0. The van der Waals surface area contributed by atoms with Crippen molar-refractivity contribution in [1.82, 2.24) is 4.90 Å². The Labute approximate surface area is 83.1 Å². The molecule has 74 valence electrons. The average Bonchev–Trinajstić information content (AvgIpc) is 2.30. The summed E-state index contributed by atoms with van der Waals surface area (Å²) in [5.41, 5.74) is 9.54. The lowest BCUT2D eigenvalue weighted by Gasteiger charge is -2.30. The van der Waals surface area contributed by atoms with Gasteiger partial charge in [0.15, 0.2) is 0 Å². The molecule has 0 aromatic heterocycles.